The molecule has 0 bridgehead atoms. The maximum Gasteiger partial charge on any atom is 2.00 e. The molecule has 6 radical (unpaired) electrons. The van der Waals surface area contributed by atoms with Crippen LogP contribution in [0.2, 0.25) is 0 Å². The summed E-state index contributed by atoms with van der Waals surface area (Å²) in [7, 11) is 0. The van der Waals surface area contributed by atoms with Crippen LogP contribution in [0.1, 0.15) is 44.3 Å². The third kappa shape index (κ3) is 45.2. The van der Waals surface area contributed by atoms with Gasteiger partial charge in [-0.05, 0) is 147 Å². The minimum atomic E-state index is 0. The molecule has 0 spiro atoms. The number of hydrogen-bond donors (Lipinski definition) is 0. The van der Waals surface area contributed by atoms with Gasteiger partial charge in [0.2, 0.25) is 0 Å². The van der Waals surface area contributed by atoms with Gasteiger partial charge in [0, 0.05) is 280 Å². The van der Waals surface area contributed by atoms with E-state index in [4.69, 9.17) is 50.1 Å². The summed E-state index contributed by atoms with van der Waals surface area (Å²) in [6, 6.07) is 39.3. The summed E-state index contributed by atoms with van der Waals surface area (Å²) in [5, 5.41) is 42.9. The van der Waals surface area contributed by atoms with Crippen molar-refractivity contribution in [3.8, 4) is 80.0 Å². The first-order valence-corrected chi connectivity index (χ1v) is 32.0. The monoisotopic (exact) mass is 2130 g/mol. The second-order valence-electron chi connectivity index (χ2n) is 18.4. The Morgan fingerprint density at radius 1 is 0.311 bits per heavy atom. The maximum atomic E-state index is 7.13. The molecule has 103 heavy (non-hydrogen) atoms. The topological polar surface area (TPSA) is 248 Å². The molecule has 520 valence electrons. The Labute approximate surface area is 814 Å². The second kappa shape index (κ2) is 69.4. The van der Waals surface area contributed by atoms with Gasteiger partial charge >= 0.3 is 39.0 Å². The van der Waals surface area contributed by atoms with Crippen molar-refractivity contribution >= 4 is 104 Å². The third-order valence-electron chi connectivity index (χ3n) is 11.6. The van der Waals surface area contributed by atoms with Crippen LogP contribution in [0.3, 0.4) is 0 Å². The molecule has 11 aromatic heterocycles. The Balaban J connectivity index is -0.000000256. The van der Waals surface area contributed by atoms with E-state index in [1.165, 1.54) is 42.9 Å². The number of aromatic nitrogens is 8. The van der Waals surface area contributed by atoms with Crippen LogP contribution in [0.4, 0.5) is 0 Å². The molecule has 14 rings (SSSR count). The number of rotatable bonds is 4. The van der Waals surface area contributed by atoms with Gasteiger partial charge in [-0.3, -0.25) is 73.9 Å². The van der Waals surface area contributed by atoms with Crippen molar-refractivity contribution in [3.05, 3.63) is 246 Å². The molecule has 33 heteroatoms. The van der Waals surface area contributed by atoms with Gasteiger partial charge in [-0.1, -0.05) is 117 Å². The minimum absolute atomic E-state index is 0. The summed E-state index contributed by atoms with van der Waals surface area (Å²) in [6.45, 7) is 18.2. The maximum absolute atomic E-state index is 7.13. The van der Waals surface area contributed by atoms with E-state index < -0.39 is 0 Å². The second-order valence-corrected chi connectivity index (χ2v) is 22.2. The third-order valence-corrected chi connectivity index (χ3v) is 13.9. The van der Waals surface area contributed by atoms with E-state index in [1.54, 1.807) is 58.8 Å². The van der Waals surface area contributed by atoms with E-state index in [0.717, 1.165) is 94.7 Å². The fourth-order valence-electron chi connectivity index (χ4n) is 7.54. The average Bonchev–Trinajstić information content (AvgIpc) is 1.79. The molecule has 18 nitrogen and oxygen atoms in total. The first-order valence-electron chi connectivity index (χ1n) is 27.9. The first-order chi connectivity index (χ1) is 45.7. The van der Waals surface area contributed by atoms with E-state index in [0.29, 0.717) is 39.6 Å². The van der Waals surface area contributed by atoms with Gasteiger partial charge in [0.15, 0.2) is 0 Å². The summed E-state index contributed by atoms with van der Waals surface area (Å²) < 4.78 is 31.9. The zero-order chi connectivity index (χ0) is 68.1. The van der Waals surface area contributed by atoms with Crippen molar-refractivity contribution in [1.82, 2.24) is 39.9 Å². The Bertz CT molecular complexity index is 3660. The number of pyridine rings is 8. The Morgan fingerprint density at radius 3 is 0.660 bits per heavy atom. The molecule has 0 N–H and O–H groups in total. The normalized spacial score (nSPS) is 9.78. The largest absolute Gasteiger partial charge is 2.00 e. The van der Waals surface area contributed by atoms with Gasteiger partial charge in [-0.2, -0.15) is 20.6 Å². The van der Waals surface area contributed by atoms with E-state index in [-0.39, 0.29) is 243 Å². The number of isothiocyanates is 4. The molecule has 11 aromatic rings. The Kier molecular flexibility index (Phi) is 75.5. The number of ether oxygens (including phenoxy) is 6. The van der Waals surface area contributed by atoms with Crippen LogP contribution in [0.15, 0.2) is 171 Å². The summed E-state index contributed by atoms with van der Waals surface area (Å²) in [5.41, 5.74) is 12.2. The molecule has 0 unspecified atom stereocenters. The fourth-order valence-corrected chi connectivity index (χ4v) is 9.46. The van der Waals surface area contributed by atoms with Gasteiger partial charge in [0.25, 0.3) is 0 Å². The number of nitrogens with zero attached hydrogens (tertiary/aromatic N) is 12. The van der Waals surface area contributed by atoms with Gasteiger partial charge in [0.05, 0.1) is 45.6 Å². The van der Waals surface area contributed by atoms with Crippen LogP contribution in [-0.2, 0) is 235 Å². The van der Waals surface area contributed by atoms with E-state index >= 15 is 0 Å². The molecule has 14 heterocycles. The van der Waals surface area contributed by atoms with Gasteiger partial charge in [-0.25, -0.2) is 0 Å². The van der Waals surface area contributed by atoms with E-state index in [2.05, 4.69) is 133 Å². The minimum Gasteiger partial charge on any atom is -0.753 e. The molecule has 3 aliphatic rings. The molecule has 0 atom stereocenters. The van der Waals surface area contributed by atoms with Crippen molar-refractivity contribution in [1.29, 1.82) is 0 Å². The molecule has 0 aromatic carbocycles. The van der Waals surface area contributed by atoms with Crippen LogP contribution in [0.5, 0.6) is 34.5 Å². The number of fused-ring (bicyclic) bond motifs is 3. The Morgan fingerprint density at radius 2 is 0.495 bits per heavy atom. The zero-order valence-electron chi connectivity index (χ0n) is 56.3. The van der Waals surface area contributed by atoms with Crippen LogP contribution >= 0.6 is 82.9 Å². The van der Waals surface area contributed by atoms with Crippen molar-refractivity contribution < 1.29 is 264 Å². The number of thiocarbonyl (C=S) groups is 4. The summed E-state index contributed by atoms with van der Waals surface area (Å²) >= 11 is 19.4. The van der Waals surface area contributed by atoms with Gasteiger partial charge < -0.3 is 50.1 Å². The van der Waals surface area contributed by atoms with E-state index in [1.807, 2.05) is 167 Å². The quantitative estimate of drug-likeness (QED) is 0.0687. The van der Waals surface area contributed by atoms with Crippen molar-refractivity contribution in [2.75, 3.05) is 39.6 Å². The molecule has 3 aliphatic heterocycles. The van der Waals surface area contributed by atoms with Crippen molar-refractivity contribution in [2.45, 2.75) is 55.9 Å². The molecule has 0 aliphatic carbocycles. The SMILES string of the molecule is C.Cc1ccnc(-c2cc(C)ccn2)c1.Cc1ccnc(-c2cc(C)ccn2)c1.Cc1s[c-]c2c1OCCO2.Cc1s[c-]c2c1OCCO2.Cc1s[c-]c2c1OCCO2.[N-]=C=S.[N-]=C=S.[N-]=C=S.[N-]=C=S.[Ru+2].[Ru+2].[Y].[Y].[Y].[Y].[Y].[Y].c1ccc(-c2ccccn2)nc1.c1ccc(-c2ccccn2)nc1. The van der Waals surface area contributed by atoms with Gasteiger partial charge in [0.1, 0.15) is 39.6 Å². The smallest absolute Gasteiger partial charge is 0.753 e. The van der Waals surface area contributed by atoms with Gasteiger partial charge in [-0.15, -0.1) is 14.6 Å². The molecule has 0 saturated heterocycles. The number of aryl methyl sites for hydroxylation is 7. The van der Waals surface area contributed by atoms with Crippen LogP contribution < -0.4 is 28.4 Å². The molecular weight excluding hydrogens is 2060 g/mol. The van der Waals surface area contributed by atoms with E-state index in [9.17, 15) is 0 Å². The molecular formula is C70H65N12O6Ru2S7Y6-3. The summed E-state index contributed by atoms with van der Waals surface area (Å²) in [5.74, 6) is 5.01. The first kappa shape index (κ1) is 112. The number of hydrogen-bond acceptors (Lipinski definition) is 21. The molecule has 0 fully saturated rings. The summed E-state index contributed by atoms with van der Waals surface area (Å²) in [4.78, 5) is 37.3. The standard InChI is InChI=1S/2C12H12N2.2C10H8N2.3C7H7O2S.4CNS.CH4.2Ru.6Y/c2*1-9-3-5-13-11(7-9)12-8-10(2)4-6-14-12;2*1-3-7-11-9(5-1)10-6-2-4-8-12-10;3*1-5-7-6(4-10-5)8-2-3-9-7;4*2-1-3;;;;;;;;;/h2*3-8H,1-2H3;2*1-8H;3*2-3H2,1H3;;;;;1H4;;;;;;;;/q;;;;7*-1;;2*+2;;;;;;. The molecule has 0 saturated carbocycles. The zero-order valence-corrected chi connectivity index (χ0v) is 82.5. The van der Waals surface area contributed by atoms with Crippen LogP contribution in [0, 0.1) is 64.6 Å². The predicted octanol–water partition coefficient (Wildman–Crippen LogP) is 17.9. The predicted molar refractivity (Wildman–Crippen MR) is 396 cm³/mol. The van der Waals surface area contributed by atoms with Crippen LogP contribution in [0.25, 0.3) is 67.2 Å². The average molecular weight is 2130 g/mol. The van der Waals surface area contributed by atoms with Crippen molar-refractivity contribution in [3.63, 3.8) is 0 Å². The van der Waals surface area contributed by atoms with Crippen molar-refractivity contribution in [2.24, 2.45) is 0 Å². The van der Waals surface area contributed by atoms with Crippen LogP contribution in [-0.4, -0.2) is 100 Å². The Hall–Kier alpha value is -1.83. The summed E-state index contributed by atoms with van der Waals surface area (Å²) in [6.07, 6.45) is 14.3. The molecule has 0 amide bonds. The fraction of sp³-hybridized carbons (Fsp3) is 0.200. The number of thiophene rings is 3.